The van der Waals surface area contributed by atoms with Crippen LogP contribution in [0.4, 0.5) is 5.82 Å². The van der Waals surface area contributed by atoms with Crippen molar-refractivity contribution in [3.63, 3.8) is 0 Å². The van der Waals surface area contributed by atoms with Crippen LogP contribution in [0.5, 0.6) is 0 Å². The molecule has 0 aliphatic heterocycles. The first kappa shape index (κ1) is 7.34. The highest BCUT2D eigenvalue weighted by molar-refractivity contribution is 7.99. The zero-order valence-electron chi connectivity index (χ0n) is 5.74. The third kappa shape index (κ3) is 1.88. The third-order valence-corrected chi connectivity index (χ3v) is 1.70. The maximum absolute atomic E-state index is 5.40. The van der Waals surface area contributed by atoms with E-state index in [1.165, 1.54) is 0 Å². The molecule has 0 saturated heterocycles. The lowest BCUT2D eigenvalue weighted by molar-refractivity contribution is 1.07. The highest BCUT2D eigenvalue weighted by Gasteiger charge is 1.92. The lowest BCUT2D eigenvalue weighted by Gasteiger charge is -1.95. The third-order valence-electron chi connectivity index (χ3n) is 0.923. The van der Waals surface area contributed by atoms with Crippen LogP contribution in [0.2, 0.25) is 0 Å². The Morgan fingerprint density at radius 2 is 2.40 bits per heavy atom. The molecule has 0 spiro atoms. The Balaban J connectivity index is 2.75. The van der Waals surface area contributed by atoms with Gasteiger partial charge in [-0.3, -0.25) is 4.98 Å². The minimum absolute atomic E-state index is 0.485. The van der Waals surface area contributed by atoms with E-state index in [9.17, 15) is 0 Å². The SMILES string of the molecule is CCSc1cncc(N)n1. The van der Waals surface area contributed by atoms with Gasteiger partial charge in [-0.05, 0) is 5.75 Å². The molecule has 4 heteroatoms. The summed E-state index contributed by atoms with van der Waals surface area (Å²) in [6.07, 6.45) is 3.25. The first-order valence-corrected chi connectivity index (χ1v) is 4.02. The predicted molar refractivity (Wildman–Crippen MR) is 42.8 cm³/mol. The van der Waals surface area contributed by atoms with E-state index in [-0.39, 0.29) is 0 Å². The summed E-state index contributed by atoms with van der Waals surface area (Å²) in [6.45, 7) is 2.07. The van der Waals surface area contributed by atoms with E-state index < -0.39 is 0 Å². The molecule has 2 N–H and O–H groups in total. The molecule has 0 aliphatic carbocycles. The topological polar surface area (TPSA) is 51.8 Å². The van der Waals surface area contributed by atoms with Gasteiger partial charge in [-0.1, -0.05) is 6.92 Å². The van der Waals surface area contributed by atoms with Crippen molar-refractivity contribution in [1.29, 1.82) is 0 Å². The van der Waals surface area contributed by atoms with Gasteiger partial charge in [0.15, 0.2) is 0 Å². The van der Waals surface area contributed by atoms with E-state index in [1.54, 1.807) is 24.2 Å². The van der Waals surface area contributed by atoms with Crippen LogP contribution in [0.3, 0.4) is 0 Å². The van der Waals surface area contributed by atoms with Crippen LogP contribution in [-0.4, -0.2) is 15.7 Å². The highest BCUT2D eigenvalue weighted by atomic mass is 32.2. The van der Waals surface area contributed by atoms with Crippen molar-refractivity contribution in [1.82, 2.24) is 9.97 Å². The fourth-order valence-electron chi connectivity index (χ4n) is 0.580. The van der Waals surface area contributed by atoms with E-state index in [4.69, 9.17) is 5.73 Å². The average Bonchev–Trinajstić information content (AvgIpc) is 1.88. The summed E-state index contributed by atoms with van der Waals surface area (Å²) in [4.78, 5) is 7.94. The van der Waals surface area contributed by atoms with Gasteiger partial charge in [0.05, 0.1) is 12.4 Å². The molecule has 0 atom stereocenters. The molecule has 0 radical (unpaired) electrons. The Morgan fingerprint density at radius 3 is 3.00 bits per heavy atom. The van der Waals surface area contributed by atoms with Crippen molar-refractivity contribution in [2.75, 3.05) is 11.5 Å². The Morgan fingerprint density at radius 1 is 1.60 bits per heavy atom. The normalized spacial score (nSPS) is 9.70. The van der Waals surface area contributed by atoms with Gasteiger partial charge in [0.2, 0.25) is 0 Å². The molecule has 10 heavy (non-hydrogen) atoms. The second kappa shape index (κ2) is 3.41. The molecule has 0 unspecified atom stereocenters. The smallest absolute Gasteiger partial charge is 0.143 e. The van der Waals surface area contributed by atoms with Crippen LogP contribution < -0.4 is 5.73 Å². The number of nitrogen functional groups attached to an aromatic ring is 1. The van der Waals surface area contributed by atoms with Crippen molar-refractivity contribution in [2.45, 2.75) is 11.9 Å². The number of nitrogens with zero attached hydrogens (tertiary/aromatic N) is 2. The molecular weight excluding hydrogens is 146 g/mol. The molecule has 0 aromatic carbocycles. The lowest BCUT2D eigenvalue weighted by Crippen LogP contribution is -1.92. The summed E-state index contributed by atoms with van der Waals surface area (Å²) >= 11 is 1.64. The van der Waals surface area contributed by atoms with E-state index in [0.717, 1.165) is 10.8 Å². The Hall–Kier alpha value is -0.770. The minimum Gasteiger partial charge on any atom is -0.382 e. The minimum atomic E-state index is 0.485. The van der Waals surface area contributed by atoms with Crippen molar-refractivity contribution in [3.05, 3.63) is 12.4 Å². The zero-order valence-corrected chi connectivity index (χ0v) is 6.56. The summed E-state index contributed by atoms with van der Waals surface area (Å²) in [5.74, 6) is 1.48. The highest BCUT2D eigenvalue weighted by Crippen LogP contribution is 2.13. The van der Waals surface area contributed by atoms with E-state index in [2.05, 4.69) is 16.9 Å². The molecule has 0 fully saturated rings. The van der Waals surface area contributed by atoms with Gasteiger partial charge >= 0.3 is 0 Å². The Labute approximate surface area is 64.1 Å². The van der Waals surface area contributed by atoms with Crippen LogP contribution >= 0.6 is 11.8 Å². The largest absolute Gasteiger partial charge is 0.382 e. The van der Waals surface area contributed by atoms with Crippen LogP contribution in [0, 0.1) is 0 Å². The number of rotatable bonds is 2. The number of nitrogens with two attached hydrogens (primary N) is 1. The van der Waals surface area contributed by atoms with Crippen molar-refractivity contribution in [3.8, 4) is 0 Å². The standard InChI is InChI=1S/C6H9N3S/c1-2-10-6-4-8-3-5(7)9-6/h3-4H,2H2,1H3,(H2,7,9). The number of aromatic nitrogens is 2. The number of anilines is 1. The molecule has 3 nitrogen and oxygen atoms in total. The first-order chi connectivity index (χ1) is 4.83. The average molecular weight is 155 g/mol. The summed E-state index contributed by atoms with van der Waals surface area (Å²) in [5, 5.41) is 0.891. The molecule has 0 aliphatic rings. The summed E-state index contributed by atoms with van der Waals surface area (Å²) < 4.78 is 0. The van der Waals surface area contributed by atoms with Crippen molar-refractivity contribution >= 4 is 17.6 Å². The van der Waals surface area contributed by atoms with Gasteiger partial charge in [0.1, 0.15) is 10.8 Å². The molecule has 1 aromatic heterocycles. The molecular formula is C6H9N3S. The van der Waals surface area contributed by atoms with Crippen molar-refractivity contribution < 1.29 is 0 Å². The van der Waals surface area contributed by atoms with Crippen LogP contribution in [-0.2, 0) is 0 Å². The summed E-state index contributed by atoms with van der Waals surface area (Å²) in [7, 11) is 0. The van der Waals surface area contributed by atoms with Gasteiger partial charge in [0, 0.05) is 0 Å². The maximum Gasteiger partial charge on any atom is 0.143 e. The van der Waals surface area contributed by atoms with Crippen LogP contribution in [0.1, 0.15) is 6.92 Å². The number of thioether (sulfide) groups is 1. The lowest BCUT2D eigenvalue weighted by atomic mass is 10.7. The first-order valence-electron chi connectivity index (χ1n) is 3.03. The quantitative estimate of drug-likeness (QED) is 0.651. The molecule has 1 aromatic rings. The number of hydrogen-bond donors (Lipinski definition) is 1. The van der Waals surface area contributed by atoms with E-state index in [1.807, 2.05) is 0 Å². The molecule has 1 heterocycles. The summed E-state index contributed by atoms with van der Waals surface area (Å²) in [6, 6.07) is 0. The monoisotopic (exact) mass is 155 g/mol. The van der Waals surface area contributed by atoms with Crippen molar-refractivity contribution in [2.24, 2.45) is 0 Å². The van der Waals surface area contributed by atoms with E-state index >= 15 is 0 Å². The van der Waals surface area contributed by atoms with Crippen LogP contribution in [0.15, 0.2) is 17.4 Å². The summed E-state index contributed by atoms with van der Waals surface area (Å²) in [5.41, 5.74) is 5.40. The molecule has 1 rings (SSSR count). The van der Waals surface area contributed by atoms with Gasteiger partial charge in [-0.2, -0.15) is 0 Å². The molecule has 0 amide bonds. The van der Waals surface area contributed by atoms with Gasteiger partial charge in [-0.15, -0.1) is 11.8 Å². The Bertz CT molecular complexity index is 214. The fourth-order valence-corrected chi connectivity index (χ4v) is 1.18. The van der Waals surface area contributed by atoms with Crippen LogP contribution in [0.25, 0.3) is 0 Å². The van der Waals surface area contributed by atoms with Gasteiger partial charge < -0.3 is 5.73 Å². The number of hydrogen-bond acceptors (Lipinski definition) is 4. The maximum atomic E-state index is 5.40. The molecule has 0 bridgehead atoms. The second-order valence-electron chi connectivity index (χ2n) is 1.72. The Kier molecular flexibility index (Phi) is 2.50. The fraction of sp³-hybridized carbons (Fsp3) is 0.333. The van der Waals surface area contributed by atoms with Gasteiger partial charge in [0.25, 0.3) is 0 Å². The zero-order chi connectivity index (χ0) is 7.40. The van der Waals surface area contributed by atoms with E-state index in [0.29, 0.717) is 5.82 Å². The van der Waals surface area contributed by atoms with Gasteiger partial charge in [-0.25, -0.2) is 4.98 Å². The second-order valence-corrected chi connectivity index (χ2v) is 3.00. The molecule has 0 saturated carbocycles. The predicted octanol–water partition coefficient (Wildman–Crippen LogP) is 1.17. The molecule has 54 valence electrons.